The average molecular weight is 522 g/mol. The normalized spacial score (nSPS) is 19.3. The van der Waals surface area contributed by atoms with E-state index in [-0.39, 0.29) is 43.2 Å². The molecule has 0 fully saturated rings. The summed E-state index contributed by atoms with van der Waals surface area (Å²) < 4.78 is 21.9. The highest BCUT2D eigenvalue weighted by Crippen LogP contribution is 2.46. The molecular weight excluding hydrogens is 486 g/mol. The van der Waals surface area contributed by atoms with Crippen molar-refractivity contribution in [3.8, 4) is 17.2 Å². The first-order chi connectivity index (χ1) is 18.2. The molecule has 0 unspecified atom stereocenters. The number of nitrogens with one attached hydrogen (secondary N) is 1. The van der Waals surface area contributed by atoms with E-state index in [4.69, 9.17) is 18.9 Å². The molecule has 0 spiro atoms. The molecule has 2 N–H and O–H groups in total. The van der Waals surface area contributed by atoms with E-state index >= 15 is 0 Å². The average Bonchev–Trinajstić information content (AvgIpc) is 2.89. The Balaban J connectivity index is 1.69. The van der Waals surface area contributed by atoms with Gasteiger partial charge in [0.15, 0.2) is 17.3 Å². The molecule has 202 valence electrons. The SMILES string of the molecule is COc1ccc([C@@H]2CC(=O)C3=C(C2)NC(C)=C(C(=O)OCCOC(C)C)[C@@H]3c2cccc(O)c2)cc1OC. The summed E-state index contributed by atoms with van der Waals surface area (Å²) in [4.78, 5) is 27.1. The number of carbonyl (C=O) groups is 2. The number of Topliss-reactive ketones (excluding diaryl/α,β-unsaturated/α-hetero) is 1. The minimum atomic E-state index is -0.657. The highest BCUT2D eigenvalue weighted by Gasteiger charge is 2.41. The summed E-state index contributed by atoms with van der Waals surface area (Å²) in [7, 11) is 3.17. The van der Waals surface area contributed by atoms with Gasteiger partial charge in [-0.3, -0.25) is 4.79 Å². The molecule has 0 amide bonds. The van der Waals surface area contributed by atoms with Crippen molar-refractivity contribution in [2.45, 2.75) is 51.6 Å². The Labute approximate surface area is 223 Å². The zero-order valence-corrected chi connectivity index (χ0v) is 22.5. The number of phenolic OH excluding ortho intramolecular Hbond substituents is 1. The van der Waals surface area contributed by atoms with Gasteiger partial charge in [0.1, 0.15) is 12.4 Å². The zero-order chi connectivity index (χ0) is 27.4. The number of esters is 1. The first-order valence-electron chi connectivity index (χ1n) is 12.8. The van der Waals surface area contributed by atoms with Gasteiger partial charge in [0.25, 0.3) is 0 Å². The molecule has 0 saturated carbocycles. The molecule has 1 heterocycles. The van der Waals surface area contributed by atoms with Crippen LogP contribution in [0.2, 0.25) is 0 Å². The van der Waals surface area contributed by atoms with Crippen molar-refractivity contribution in [1.29, 1.82) is 0 Å². The fraction of sp³-hybridized carbons (Fsp3) is 0.400. The van der Waals surface area contributed by atoms with E-state index in [9.17, 15) is 14.7 Å². The number of methoxy groups -OCH3 is 2. The molecule has 0 aromatic heterocycles. The molecule has 2 aliphatic rings. The predicted molar refractivity (Wildman–Crippen MR) is 142 cm³/mol. The molecule has 0 saturated heterocycles. The molecule has 2 aromatic carbocycles. The van der Waals surface area contributed by atoms with E-state index in [2.05, 4.69) is 5.32 Å². The number of phenols is 1. The number of hydrogen-bond acceptors (Lipinski definition) is 8. The zero-order valence-electron chi connectivity index (χ0n) is 22.5. The molecule has 8 heteroatoms. The Morgan fingerprint density at radius 2 is 1.79 bits per heavy atom. The second kappa shape index (κ2) is 11.7. The van der Waals surface area contributed by atoms with Crippen LogP contribution in [-0.2, 0) is 19.1 Å². The van der Waals surface area contributed by atoms with Gasteiger partial charge in [0, 0.05) is 29.3 Å². The van der Waals surface area contributed by atoms with E-state index in [0.717, 1.165) is 11.3 Å². The van der Waals surface area contributed by atoms with Gasteiger partial charge < -0.3 is 29.4 Å². The highest BCUT2D eigenvalue weighted by molar-refractivity contribution is 6.04. The standard InChI is InChI=1S/C30H35NO7/c1-17(2)37-11-12-38-30(34)27-18(3)31-23-14-21(19-9-10-25(35-4)26(16-19)36-5)15-24(33)29(23)28(27)20-7-6-8-22(32)13-20/h6-10,13,16-17,21,28,31-32H,11-12,14-15H2,1-5H3/t21-,28-/m0/s1. The Morgan fingerprint density at radius 1 is 1.03 bits per heavy atom. The minimum Gasteiger partial charge on any atom is -0.508 e. The van der Waals surface area contributed by atoms with Crippen molar-refractivity contribution in [2.24, 2.45) is 0 Å². The van der Waals surface area contributed by atoms with Crippen LogP contribution in [0.5, 0.6) is 17.2 Å². The van der Waals surface area contributed by atoms with E-state index < -0.39 is 11.9 Å². The van der Waals surface area contributed by atoms with Gasteiger partial charge in [-0.2, -0.15) is 0 Å². The number of allylic oxidation sites excluding steroid dienone is 3. The lowest BCUT2D eigenvalue weighted by Crippen LogP contribution is -2.36. The Morgan fingerprint density at radius 3 is 2.47 bits per heavy atom. The van der Waals surface area contributed by atoms with Gasteiger partial charge in [-0.15, -0.1) is 0 Å². The maximum atomic E-state index is 13.8. The molecule has 1 aliphatic heterocycles. The summed E-state index contributed by atoms with van der Waals surface area (Å²) in [6, 6.07) is 12.4. The van der Waals surface area contributed by atoms with Crippen LogP contribution in [0.25, 0.3) is 0 Å². The van der Waals surface area contributed by atoms with Gasteiger partial charge >= 0.3 is 5.97 Å². The molecule has 0 bridgehead atoms. The number of rotatable bonds is 9. The summed E-state index contributed by atoms with van der Waals surface area (Å²) >= 11 is 0. The quantitative estimate of drug-likeness (QED) is 0.360. The van der Waals surface area contributed by atoms with E-state index in [1.165, 1.54) is 0 Å². The number of ketones is 1. The fourth-order valence-electron chi connectivity index (χ4n) is 5.19. The van der Waals surface area contributed by atoms with Crippen LogP contribution < -0.4 is 14.8 Å². The van der Waals surface area contributed by atoms with Crippen LogP contribution in [0.4, 0.5) is 0 Å². The molecule has 38 heavy (non-hydrogen) atoms. The van der Waals surface area contributed by atoms with Crippen molar-refractivity contribution in [3.05, 3.63) is 76.1 Å². The van der Waals surface area contributed by atoms with Crippen molar-refractivity contribution in [3.63, 3.8) is 0 Å². The Bertz CT molecular complexity index is 1280. The van der Waals surface area contributed by atoms with Gasteiger partial charge in [-0.25, -0.2) is 4.79 Å². The Hall–Kier alpha value is -3.78. The molecule has 0 radical (unpaired) electrons. The van der Waals surface area contributed by atoms with Gasteiger partial charge in [0.2, 0.25) is 0 Å². The number of dihydropyridines is 1. The third kappa shape index (κ3) is 5.70. The van der Waals surface area contributed by atoms with Crippen molar-refractivity contribution < 1.29 is 33.6 Å². The highest BCUT2D eigenvalue weighted by atomic mass is 16.6. The molecule has 4 rings (SSSR count). The lowest BCUT2D eigenvalue weighted by atomic mass is 9.71. The van der Waals surface area contributed by atoms with E-state index in [0.29, 0.717) is 40.3 Å². The van der Waals surface area contributed by atoms with E-state index in [1.54, 1.807) is 32.4 Å². The monoisotopic (exact) mass is 521 g/mol. The lowest BCUT2D eigenvalue weighted by molar-refractivity contribution is -0.141. The second-order valence-electron chi connectivity index (χ2n) is 9.78. The topological polar surface area (TPSA) is 103 Å². The van der Waals surface area contributed by atoms with Gasteiger partial charge in [0.05, 0.1) is 32.5 Å². The minimum absolute atomic E-state index is 0.0252. The van der Waals surface area contributed by atoms with Crippen LogP contribution in [0.15, 0.2) is 65.0 Å². The molecule has 2 aromatic rings. The van der Waals surface area contributed by atoms with Crippen molar-refractivity contribution in [2.75, 3.05) is 27.4 Å². The maximum Gasteiger partial charge on any atom is 0.336 e. The summed E-state index contributed by atoms with van der Waals surface area (Å²) in [5, 5.41) is 13.6. The van der Waals surface area contributed by atoms with Crippen LogP contribution >= 0.6 is 0 Å². The predicted octanol–water partition coefficient (Wildman–Crippen LogP) is 4.74. The first-order valence-corrected chi connectivity index (χ1v) is 12.8. The van der Waals surface area contributed by atoms with Crippen LogP contribution in [0, 0.1) is 0 Å². The molecule has 2 atom stereocenters. The number of carbonyl (C=O) groups excluding carboxylic acids is 2. The number of ether oxygens (including phenoxy) is 4. The smallest absolute Gasteiger partial charge is 0.336 e. The number of benzene rings is 2. The number of hydrogen-bond donors (Lipinski definition) is 2. The summed E-state index contributed by atoms with van der Waals surface area (Å²) in [5.74, 6) is -0.0217. The summed E-state index contributed by atoms with van der Waals surface area (Å²) in [6.45, 7) is 6.01. The van der Waals surface area contributed by atoms with Crippen molar-refractivity contribution in [1.82, 2.24) is 5.32 Å². The summed E-state index contributed by atoms with van der Waals surface area (Å²) in [6.07, 6.45) is 0.875. The largest absolute Gasteiger partial charge is 0.508 e. The first kappa shape index (κ1) is 27.3. The van der Waals surface area contributed by atoms with Crippen LogP contribution in [0.1, 0.15) is 56.6 Å². The third-order valence-electron chi connectivity index (χ3n) is 6.90. The molecule has 1 aliphatic carbocycles. The van der Waals surface area contributed by atoms with Gasteiger partial charge in [-0.1, -0.05) is 18.2 Å². The van der Waals surface area contributed by atoms with E-state index in [1.807, 2.05) is 45.0 Å². The second-order valence-corrected chi connectivity index (χ2v) is 9.78. The maximum absolute atomic E-state index is 13.8. The van der Waals surface area contributed by atoms with Crippen LogP contribution in [-0.4, -0.2) is 50.4 Å². The summed E-state index contributed by atoms with van der Waals surface area (Å²) in [5.41, 5.74) is 3.90. The number of aromatic hydroxyl groups is 1. The van der Waals surface area contributed by atoms with Crippen LogP contribution in [0.3, 0.4) is 0 Å². The van der Waals surface area contributed by atoms with Gasteiger partial charge in [-0.05, 0) is 68.5 Å². The molecular formula is C30H35NO7. The molecule has 8 nitrogen and oxygen atoms in total. The Kier molecular flexibility index (Phi) is 8.42. The van der Waals surface area contributed by atoms with Crippen molar-refractivity contribution >= 4 is 11.8 Å². The lowest BCUT2D eigenvalue weighted by Gasteiger charge is -2.36. The fourth-order valence-corrected chi connectivity index (χ4v) is 5.19. The third-order valence-corrected chi connectivity index (χ3v) is 6.90.